The SMILES string of the molecule is COc1ccc(N2C(=O)C(Cl)=C(Nc3cc(C(=O)Nc4ccccc4C(C)C)ccc3C)C2=O)c(OC)c1. The van der Waals surface area contributed by atoms with Crippen molar-refractivity contribution in [3.63, 3.8) is 0 Å². The summed E-state index contributed by atoms with van der Waals surface area (Å²) in [7, 11) is 2.93. The van der Waals surface area contributed by atoms with Crippen molar-refractivity contribution in [1.82, 2.24) is 0 Å². The first kappa shape index (κ1) is 26.8. The van der Waals surface area contributed by atoms with Gasteiger partial charge in [0.2, 0.25) is 0 Å². The lowest BCUT2D eigenvalue weighted by molar-refractivity contribution is -0.120. The van der Waals surface area contributed by atoms with Crippen LogP contribution >= 0.6 is 11.6 Å². The summed E-state index contributed by atoms with van der Waals surface area (Å²) in [4.78, 5) is 40.4. The predicted molar refractivity (Wildman–Crippen MR) is 148 cm³/mol. The molecule has 38 heavy (non-hydrogen) atoms. The van der Waals surface area contributed by atoms with Crippen LogP contribution in [0.15, 0.2) is 71.4 Å². The van der Waals surface area contributed by atoms with Crippen LogP contribution in [0.3, 0.4) is 0 Å². The Bertz CT molecular complexity index is 1460. The average molecular weight is 534 g/mol. The van der Waals surface area contributed by atoms with Crippen molar-refractivity contribution < 1.29 is 23.9 Å². The number of ether oxygens (including phenoxy) is 2. The smallest absolute Gasteiger partial charge is 0.283 e. The summed E-state index contributed by atoms with van der Waals surface area (Å²) in [6, 6.07) is 17.4. The van der Waals surface area contributed by atoms with Gasteiger partial charge in [-0.3, -0.25) is 14.4 Å². The fourth-order valence-corrected chi connectivity index (χ4v) is 4.35. The van der Waals surface area contributed by atoms with Crippen molar-refractivity contribution in [3.05, 3.63) is 88.1 Å². The monoisotopic (exact) mass is 533 g/mol. The third-order valence-corrected chi connectivity index (χ3v) is 6.60. The van der Waals surface area contributed by atoms with Gasteiger partial charge in [0.1, 0.15) is 22.2 Å². The highest BCUT2D eigenvalue weighted by Crippen LogP contribution is 2.38. The van der Waals surface area contributed by atoms with E-state index in [4.69, 9.17) is 21.1 Å². The van der Waals surface area contributed by atoms with Crippen LogP contribution in [-0.2, 0) is 9.59 Å². The van der Waals surface area contributed by atoms with E-state index in [0.29, 0.717) is 17.0 Å². The molecule has 0 fully saturated rings. The molecule has 196 valence electrons. The van der Waals surface area contributed by atoms with Crippen LogP contribution in [0.2, 0.25) is 0 Å². The summed E-state index contributed by atoms with van der Waals surface area (Å²) in [5.74, 6) is -0.645. The van der Waals surface area contributed by atoms with Crippen LogP contribution in [0.5, 0.6) is 11.5 Å². The third-order valence-electron chi connectivity index (χ3n) is 6.25. The topological polar surface area (TPSA) is 97.0 Å². The summed E-state index contributed by atoms with van der Waals surface area (Å²) in [6.45, 7) is 5.93. The van der Waals surface area contributed by atoms with Crippen molar-refractivity contribution in [3.8, 4) is 11.5 Å². The standard InChI is InChI=1S/C29H28ClN3O5/c1-16(2)20-8-6-7-9-21(20)32-27(34)18-11-10-17(3)22(14-18)31-26-25(30)28(35)33(29(26)36)23-13-12-19(37-4)15-24(23)38-5/h6-16,31H,1-5H3,(H,32,34). The van der Waals surface area contributed by atoms with Crippen molar-refractivity contribution in [2.24, 2.45) is 0 Å². The van der Waals surface area contributed by atoms with Gasteiger partial charge in [-0.1, -0.05) is 49.7 Å². The minimum absolute atomic E-state index is 0.0969. The van der Waals surface area contributed by atoms with Crippen LogP contribution in [0, 0.1) is 6.92 Å². The van der Waals surface area contributed by atoms with E-state index in [1.54, 1.807) is 36.4 Å². The van der Waals surface area contributed by atoms with E-state index in [-0.39, 0.29) is 34.0 Å². The van der Waals surface area contributed by atoms with Crippen LogP contribution in [0.4, 0.5) is 17.1 Å². The second-order valence-electron chi connectivity index (χ2n) is 9.02. The Labute approximate surface area is 226 Å². The summed E-state index contributed by atoms with van der Waals surface area (Å²) in [5, 5.41) is 5.67. The van der Waals surface area contributed by atoms with Gasteiger partial charge in [-0.15, -0.1) is 0 Å². The molecule has 9 heteroatoms. The molecular weight excluding hydrogens is 506 g/mol. The number of methoxy groups -OCH3 is 2. The zero-order valence-electron chi connectivity index (χ0n) is 21.7. The zero-order valence-corrected chi connectivity index (χ0v) is 22.5. The molecule has 0 aliphatic carbocycles. The number of rotatable bonds is 8. The normalized spacial score (nSPS) is 13.3. The van der Waals surface area contributed by atoms with Gasteiger partial charge in [-0.25, -0.2) is 4.90 Å². The molecule has 0 bridgehead atoms. The van der Waals surface area contributed by atoms with Crippen LogP contribution < -0.4 is 25.0 Å². The number of carbonyl (C=O) groups is 3. The molecule has 3 aromatic carbocycles. The summed E-state index contributed by atoms with van der Waals surface area (Å²) in [6.07, 6.45) is 0. The molecule has 0 spiro atoms. The Kier molecular flexibility index (Phi) is 7.73. The van der Waals surface area contributed by atoms with Gasteiger partial charge < -0.3 is 20.1 Å². The molecule has 0 atom stereocenters. The van der Waals surface area contributed by atoms with Gasteiger partial charge in [0.25, 0.3) is 17.7 Å². The molecule has 0 radical (unpaired) electrons. The number of halogens is 1. The summed E-state index contributed by atoms with van der Waals surface area (Å²) < 4.78 is 10.6. The number of benzene rings is 3. The molecule has 8 nitrogen and oxygen atoms in total. The van der Waals surface area contributed by atoms with Gasteiger partial charge in [0.15, 0.2) is 0 Å². The van der Waals surface area contributed by atoms with E-state index in [0.717, 1.165) is 21.7 Å². The van der Waals surface area contributed by atoms with E-state index in [1.807, 2.05) is 31.2 Å². The van der Waals surface area contributed by atoms with Crippen LogP contribution in [0.25, 0.3) is 0 Å². The number of aryl methyl sites for hydroxylation is 1. The van der Waals surface area contributed by atoms with Gasteiger partial charge in [0, 0.05) is 23.0 Å². The second-order valence-corrected chi connectivity index (χ2v) is 9.40. The van der Waals surface area contributed by atoms with Crippen molar-refractivity contribution >= 4 is 46.4 Å². The Morgan fingerprint density at radius 3 is 2.34 bits per heavy atom. The predicted octanol–water partition coefficient (Wildman–Crippen LogP) is 5.82. The molecule has 0 unspecified atom stereocenters. The number of hydrogen-bond donors (Lipinski definition) is 2. The van der Waals surface area contributed by atoms with Gasteiger partial charge in [-0.2, -0.15) is 0 Å². The first-order valence-corrected chi connectivity index (χ1v) is 12.3. The zero-order chi connectivity index (χ0) is 27.6. The maximum absolute atomic E-state index is 13.4. The molecule has 1 aliphatic heterocycles. The Morgan fingerprint density at radius 2 is 1.66 bits per heavy atom. The van der Waals surface area contributed by atoms with Crippen LogP contribution in [-0.4, -0.2) is 31.9 Å². The molecule has 3 amide bonds. The minimum atomic E-state index is -0.695. The number of amides is 3. The number of anilines is 3. The molecule has 0 saturated carbocycles. The molecule has 0 aromatic heterocycles. The molecule has 2 N–H and O–H groups in total. The number of imide groups is 1. The first-order chi connectivity index (χ1) is 18.2. The van der Waals surface area contributed by atoms with E-state index < -0.39 is 11.8 Å². The largest absolute Gasteiger partial charge is 0.497 e. The minimum Gasteiger partial charge on any atom is -0.497 e. The molecular formula is C29H28ClN3O5. The Morgan fingerprint density at radius 1 is 0.921 bits per heavy atom. The molecule has 4 rings (SSSR count). The fourth-order valence-electron chi connectivity index (χ4n) is 4.14. The number of para-hydroxylation sites is 1. The van der Waals surface area contributed by atoms with Gasteiger partial charge in [0.05, 0.1) is 19.9 Å². The number of hydrogen-bond acceptors (Lipinski definition) is 6. The first-order valence-electron chi connectivity index (χ1n) is 11.9. The highest BCUT2D eigenvalue weighted by Gasteiger charge is 2.40. The summed E-state index contributed by atoms with van der Waals surface area (Å²) in [5.41, 5.74) is 3.47. The van der Waals surface area contributed by atoms with E-state index in [2.05, 4.69) is 24.5 Å². The highest BCUT2D eigenvalue weighted by atomic mass is 35.5. The Hall–Kier alpha value is -4.30. The van der Waals surface area contributed by atoms with Gasteiger partial charge in [-0.05, 0) is 54.3 Å². The lowest BCUT2D eigenvalue weighted by Gasteiger charge is -2.19. The lowest BCUT2D eigenvalue weighted by atomic mass is 10.0. The number of nitrogens with zero attached hydrogens (tertiary/aromatic N) is 1. The average Bonchev–Trinajstić information content (AvgIpc) is 3.12. The third kappa shape index (κ3) is 5.08. The molecule has 1 aliphatic rings. The number of nitrogens with one attached hydrogen (secondary N) is 2. The molecule has 1 heterocycles. The lowest BCUT2D eigenvalue weighted by Crippen LogP contribution is -2.32. The van der Waals surface area contributed by atoms with E-state index in [1.165, 1.54) is 14.2 Å². The quantitative estimate of drug-likeness (QED) is 0.354. The van der Waals surface area contributed by atoms with Crippen molar-refractivity contribution in [2.75, 3.05) is 29.8 Å². The maximum atomic E-state index is 13.4. The van der Waals surface area contributed by atoms with E-state index in [9.17, 15) is 14.4 Å². The second kappa shape index (κ2) is 11.0. The van der Waals surface area contributed by atoms with Crippen molar-refractivity contribution in [1.29, 1.82) is 0 Å². The highest BCUT2D eigenvalue weighted by molar-refractivity contribution is 6.53. The molecule has 0 saturated heterocycles. The maximum Gasteiger partial charge on any atom is 0.283 e. The fraction of sp³-hybridized carbons (Fsp3) is 0.207. The number of carbonyl (C=O) groups excluding carboxylic acids is 3. The van der Waals surface area contributed by atoms with E-state index >= 15 is 0 Å². The summed E-state index contributed by atoms with van der Waals surface area (Å²) >= 11 is 6.34. The van der Waals surface area contributed by atoms with Gasteiger partial charge >= 0.3 is 0 Å². The Balaban J connectivity index is 1.61. The van der Waals surface area contributed by atoms with Crippen molar-refractivity contribution in [2.45, 2.75) is 26.7 Å². The van der Waals surface area contributed by atoms with Crippen LogP contribution in [0.1, 0.15) is 41.3 Å². The molecule has 3 aromatic rings.